The Labute approximate surface area is 152 Å². The van der Waals surface area contributed by atoms with Crippen LogP contribution in [0, 0.1) is 6.92 Å². The molecule has 4 N–H and O–H groups in total. The monoisotopic (exact) mass is 345 g/mol. The smallest absolute Gasteiger partial charge is 0.0585 e. The first-order valence-electron chi connectivity index (χ1n) is 9.95. The molecule has 25 heavy (non-hydrogen) atoms. The Kier molecular flexibility index (Phi) is 5.59. The van der Waals surface area contributed by atoms with Gasteiger partial charge < -0.3 is 16.2 Å². The van der Waals surface area contributed by atoms with Crippen LogP contribution in [0.2, 0.25) is 0 Å². The molecule has 4 nitrogen and oxygen atoms in total. The Hall–Kier alpha value is -1.26. The number of hydrogen-bond donors (Lipinski definition) is 2. The first-order chi connectivity index (χ1) is 11.9. The SMILES string of the molecule is CCO[C@H]1CC[C@@](C)(N2CCC(c3c(C)ccc(N)c3N)CC2)CC1. The third-order valence-electron chi connectivity index (χ3n) is 6.62. The maximum absolute atomic E-state index is 6.31. The minimum atomic E-state index is 0.342. The average Bonchev–Trinajstić information content (AvgIpc) is 2.61. The number of nitrogens with zero attached hydrogens (tertiary/aromatic N) is 1. The van der Waals surface area contributed by atoms with E-state index in [-0.39, 0.29) is 0 Å². The van der Waals surface area contributed by atoms with E-state index in [1.165, 1.54) is 49.7 Å². The predicted octanol–water partition coefficient (Wildman–Crippen LogP) is 4.08. The van der Waals surface area contributed by atoms with Crippen molar-refractivity contribution in [3.8, 4) is 0 Å². The van der Waals surface area contributed by atoms with E-state index in [2.05, 4.69) is 31.7 Å². The predicted molar refractivity (Wildman–Crippen MR) is 106 cm³/mol. The zero-order chi connectivity index (χ0) is 18.0. The van der Waals surface area contributed by atoms with Crippen LogP contribution in [0.25, 0.3) is 0 Å². The quantitative estimate of drug-likeness (QED) is 0.807. The van der Waals surface area contributed by atoms with E-state index in [1.54, 1.807) is 0 Å². The van der Waals surface area contributed by atoms with Gasteiger partial charge in [0.1, 0.15) is 0 Å². The number of piperidine rings is 1. The van der Waals surface area contributed by atoms with Crippen molar-refractivity contribution in [3.05, 3.63) is 23.3 Å². The van der Waals surface area contributed by atoms with Gasteiger partial charge in [0.05, 0.1) is 17.5 Å². The van der Waals surface area contributed by atoms with Crippen LogP contribution in [0.3, 0.4) is 0 Å². The number of benzene rings is 1. The lowest BCUT2D eigenvalue weighted by Gasteiger charge is -2.48. The zero-order valence-electron chi connectivity index (χ0n) is 16.2. The van der Waals surface area contributed by atoms with Crippen LogP contribution in [0.1, 0.15) is 69.4 Å². The van der Waals surface area contributed by atoms with E-state index >= 15 is 0 Å². The summed E-state index contributed by atoms with van der Waals surface area (Å²) in [6.45, 7) is 9.88. The normalized spacial score (nSPS) is 29.0. The highest BCUT2D eigenvalue weighted by molar-refractivity contribution is 5.70. The first kappa shape index (κ1) is 18.5. The molecule has 2 fully saturated rings. The summed E-state index contributed by atoms with van der Waals surface area (Å²) in [5, 5.41) is 0. The zero-order valence-corrected chi connectivity index (χ0v) is 16.2. The molecule has 0 aromatic heterocycles. The standard InChI is InChI=1S/C21H35N3O/c1-4-25-17-7-11-21(3,12-8-17)24-13-9-16(10-14-24)19-15(2)5-6-18(22)20(19)23/h5-6,16-17H,4,7-14,22-23H2,1-3H3/t17-,21+. The average molecular weight is 346 g/mol. The highest BCUT2D eigenvalue weighted by Gasteiger charge is 2.38. The molecule has 1 aromatic rings. The lowest BCUT2D eigenvalue weighted by Crippen LogP contribution is -2.52. The number of aryl methyl sites for hydroxylation is 1. The maximum atomic E-state index is 6.31. The first-order valence-corrected chi connectivity index (χ1v) is 9.95. The number of nitrogen functional groups attached to an aromatic ring is 2. The van der Waals surface area contributed by atoms with Gasteiger partial charge in [-0.25, -0.2) is 0 Å². The van der Waals surface area contributed by atoms with Crippen molar-refractivity contribution in [2.24, 2.45) is 0 Å². The lowest BCUT2D eigenvalue weighted by molar-refractivity contribution is -0.0250. The Bertz CT molecular complexity index is 585. The van der Waals surface area contributed by atoms with Gasteiger partial charge >= 0.3 is 0 Å². The number of ether oxygens (including phenoxy) is 1. The van der Waals surface area contributed by atoms with E-state index in [0.29, 0.717) is 17.6 Å². The van der Waals surface area contributed by atoms with Gasteiger partial charge in [-0.05, 0) is 95.5 Å². The van der Waals surface area contributed by atoms with Crippen molar-refractivity contribution in [3.63, 3.8) is 0 Å². The Morgan fingerprint density at radius 1 is 1.12 bits per heavy atom. The molecule has 0 bridgehead atoms. The van der Waals surface area contributed by atoms with Crippen molar-refractivity contribution in [1.29, 1.82) is 0 Å². The summed E-state index contributed by atoms with van der Waals surface area (Å²) in [7, 11) is 0. The van der Waals surface area contributed by atoms with Gasteiger partial charge in [-0.1, -0.05) is 6.07 Å². The molecule has 140 valence electrons. The Balaban J connectivity index is 1.62. The second-order valence-corrected chi connectivity index (χ2v) is 8.21. The lowest BCUT2D eigenvalue weighted by atomic mass is 9.77. The largest absolute Gasteiger partial charge is 0.397 e. The van der Waals surface area contributed by atoms with Gasteiger partial charge in [0.2, 0.25) is 0 Å². The van der Waals surface area contributed by atoms with Crippen LogP contribution in [0.4, 0.5) is 11.4 Å². The molecular weight excluding hydrogens is 310 g/mol. The topological polar surface area (TPSA) is 64.5 Å². The second kappa shape index (κ2) is 7.55. The summed E-state index contributed by atoms with van der Waals surface area (Å²) in [6, 6.07) is 4.05. The van der Waals surface area contributed by atoms with Crippen LogP contribution < -0.4 is 11.5 Å². The van der Waals surface area contributed by atoms with E-state index in [9.17, 15) is 0 Å². The molecule has 1 saturated carbocycles. The summed E-state index contributed by atoms with van der Waals surface area (Å²) < 4.78 is 5.83. The molecule has 4 heteroatoms. The number of likely N-dealkylation sites (tertiary alicyclic amines) is 1. The molecule has 0 amide bonds. The summed E-state index contributed by atoms with van der Waals surface area (Å²) in [6.07, 6.45) is 7.74. The molecule has 1 aliphatic heterocycles. The van der Waals surface area contributed by atoms with Crippen LogP contribution in [-0.4, -0.2) is 36.2 Å². The number of nitrogens with two attached hydrogens (primary N) is 2. The highest BCUT2D eigenvalue weighted by Crippen LogP contribution is 2.41. The molecule has 1 aliphatic carbocycles. The molecule has 0 spiro atoms. The van der Waals surface area contributed by atoms with E-state index < -0.39 is 0 Å². The number of anilines is 2. The fourth-order valence-electron chi connectivity index (χ4n) is 4.94. The summed E-state index contributed by atoms with van der Waals surface area (Å²) in [5.41, 5.74) is 16.8. The molecule has 3 rings (SSSR count). The third-order valence-corrected chi connectivity index (χ3v) is 6.62. The molecule has 1 heterocycles. The molecule has 0 atom stereocenters. The molecule has 0 radical (unpaired) electrons. The minimum absolute atomic E-state index is 0.342. The van der Waals surface area contributed by atoms with Gasteiger partial charge in [-0.3, -0.25) is 4.90 Å². The maximum Gasteiger partial charge on any atom is 0.0585 e. The van der Waals surface area contributed by atoms with Crippen LogP contribution in [0.5, 0.6) is 0 Å². The fraction of sp³-hybridized carbons (Fsp3) is 0.714. The summed E-state index contributed by atoms with van der Waals surface area (Å²) in [5.74, 6) is 0.545. The summed E-state index contributed by atoms with van der Waals surface area (Å²) in [4.78, 5) is 2.73. The van der Waals surface area contributed by atoms with Gasteiger partial charge in [-0.15, -0.1) is 0 Å². The van der Waals surface area contributed by atoms with Gasteiger partial charge in [0.25, 0.3) is 0 Å². The van der Waals surface area contributed by atoms with Crippen molar-refractivity contribution in [1.82, 2.24) is 4.90 Å². The van der Waals surface area contributed by atoms with Gasteiger partial charge in [0, 0.05) is 12.1 Å². The van der Waals surface area contributed by atoms with Crippen LogP contribution in [-0.2, 0) is 4.74 Å². The van der Waals surface area contributed by atoms with Crippen molar-refractivity contribution in [2.75, 3.05) is 31.2 Å². The number of rotatable bonds is 4. The van der Waals surface area contributed by atoms with E-state index in [0.717, 1.165) is 31.1 Å². The molecule has 1 aromatic carbocycles. The fourth-order valence-corrected chi connectivity index (χ4v) is 4.94. The van der Waals surface area contributed by atoms with Crippen molar-refractivity contribution < 1.29 is 4.74 Å². The molecular formula is C21H35N3O. The van der Waals surface area contributed by atoms with Crippen LogP contribution >= 0.6 is 0 Å². The minimum Gasteiger partial charge on any atom is -0.397 e. The van der Waals surface area contributed by atoms with Gasteiger partial charge in [0.15, 0.2) is 0 Å². The highest BCUT2D eigenvalue weighted by atomic mass is 16.5. The molecule has 1 saturated heterocycles. The molecule has 0 unspecified atom stereocenters. The summed E-state index contributed by atoms with van der Waals surface area (Å²) >= 11 is 0. The van der Waals surface area contributed by atoms with E-state index in [1.807, 2.05) is 6.07 Å². The van der Waals surface area contributed by atoms with Crippen molar-refractivity contribution >= 4 is 11.4 Å². The second-order valence-electron chi connectivity index (χ2n) is 8.21. The Morgan fingerprint density at radius 3 is 2.36 bits per heavy atom. The van der Waals surface area contributed by atoms with Crippen LogP contribution in [0.15, 0.2) is 12.1 Å². The van der Waals surface area contributed by atoms with Crippen molar-refractivity contribution in [2.45, 2.75) is 76.9 Å². The van der Waals surface area contributed by atoms with Gasteiger partial charge in [-0.2, -0.15) is 0 Å². The van der Waals surface area contributed by atoms with E-state index in [4.69, 9.17) is 16.2 Å². The Morgan fingerprint density at radius 2 is 1.76 bits per heavy atom. The number of hydrogen-bond acceptors (Lipinski definition) is 4. The third kappa shape index (κ3) is 3.80. The molecule has 2 aliphatic rings.